The van der Waals surface area contributed by atoms with Crippen molar-refractivity contribution in [1.82, 2.24) is 14.8 Å². The van der Waals surface area contributed by atoms with Crippen molar-refractivity contribution >= 4 is 0 Å². The van der Waals surface area contributed by atoms with Crippen molar-refractivity contribution in [3.8, 4) is 6.01 Å². The van der Waals surface area contributed by atoms with Crippen LogP contribution in [0.5, 0.6) is 6.01 Å². The van der Waals surface area contributed by atoms with Crippen LogP contribution in [-0.2, 0) is 7.05 Å². The summed E-state index contributed by atoms with van der Waals surface area (Å²) in [7, 11) is 1.79. The number of nitrogens with two attached hydrogens (primary N) is 1. The van der Waals surface area contributed by atoms with Gasteiger partial charge in [-0.3, -0.25) is 4.68 Å². The molecule has 1 heterocycles. The molecule has 68 valence electrons. The summed E-state index contributed by atoms with van der Waals surface area (Å²) in [4.78, 5) is 3.93. The van der Waals surface area contributed by atoms with Crippen LogP contribution in [-0.4, -0.2) is 27.4 Å². The Bertz CT molecular complexity index is 231. The fraction of sp³-hybridized carbons (Fsp3) is 0.714. The van der Waals surface area contributed by atoms with Crippen LogP contribution in [0, 0.1) is 0 Å². The summed E-state index contributed by atoms with van der Waals surface area (Å²) in [6, 6.07) is 0.398. The number of hydrogen-bond acceptors (Lipinski definition) is 4. The Morgan fingerprint density at radius 1 is 1.75 bits per heavy atom. The van der Waals surface area contributed by atoms with E-state index in [4.69, 9.17) is 10.5 Å². The summed E-state index contributed by atoms with van der Waals surface area (Å²) in [5.41, 5.74) is 5.45. The van der Waals surface area contributed by atoms with Crippen molar-refractivity contribution in [2.24, 2.45) is 12.8 Å². The van der Waals surface area contributed by atoms with Crippen LogP contribution >= 0.6 is 0 Å². The Morgan fingerprint density at radius 2 is 2.50 bits per heavy atom. The molecule has 0 bridgehead atoms. The van der Waals surface area contributed by atoms with Crippen LogP contribution in [0.4, 0.5) is 0 Å². The Balaban J connectivity index is 2.50. The van der Waals surface area contributed by atoms with Gasteiger partial charge in [0.25, 0.3) is 0 Å². The van der Waals surface area contributed by atoms with Gasteiger partial charge in [0.05, 0.1) is 0 Å². The smallest absolute Gasteiger partial charge is 0.335 e. The highest BCUT2D eigenvalue weighted by molar-refractivity contribution is 4.88. The normalized spacial score (nSPS) is 12.9. The second kappa shape index (κ2) is 4.06. The van der Waals surface area contributed by atoms with Crippen LogP contribution in [0.1, 0.15) is 13.3 Å². The van der Waals surface area contributed by atoms with Gasteiger partial charge < -0.3 is 10.5 Å². The quantitative estimate of drug-likeness (QED) is 0.687. The van der Waals surface area contributed by atoms with Crippen LogP contribution in [0.15, 0.2) is 6.33 Å². The Morgan fingerprint density at radius 3 is 2.92 bits per heavy atom. The molecule has 0 aliphatic rings. The van der Waals surface area contributed by atoms with Gasteiger partial charge in [0, 0.05) is 13.6 Å². The predicted molar refractivity (Wildman–Crippen MR) is 44.8 cm³/mol. The van der Waals surface area contributed by atoms with Gasteiger partial charge in [0.15, 0.2) is 0 Å². The first-order valence-electron chi connectivity index (χ1n) is 3.98. The molecule has 1 aromatic rings. The topological polar surface area (TPSA) is 66.0 Å². The zero-order valence-corrected chi connectivity index (χ0v) is 7.40. The van der Waals surface area contributed by atoms with Crippen molar-refractivity contribution in [2.75, 3.05) is 6.54 Å². The molecule has 0 aliphatic heterocycles. The van der Waals surface area contributed by atoms with E-state index in [2.05, 4.69) is 10.1 Å². The zero-order valence-electron chi connectivity index (χ0n) is 7.40. The summed E-state index contributed by atoms with van der Waals surface area (Å²) >= 11 is 0. The van der Waals surface area contributed by atoms with E-state index in [1.165, 1.54) is 0 Å². The van der Waals surface area contributed by atoms with Crippen LogP contribution in [0.25, 0.3) is 0 Å². The van der Waals surface area contributed by atoms with Gasteiger partial charge in [0.2, 0.25) is 0 Å². The van der Waals surface area contributed by atoms with Crippen LogP contribution in [0.2, 0.25) is 0 Å². The molecule has 0 aromatic carbocycles. The lowest BCUT2D eigenvalue weighted by Gasteiger charge is -2.11. The third-order valence-electron chi connectivity index (χ3n) is 1.57. The maximum atomic E-state index is 5.45. The average molecular weight is 170 g/mol. The summed E-state index contributed by atoms with van der Waals surface area (Å²) in [6.45, 7) is 2.51. The van der Waals surface area contributed by atoms with Crippen LogP contribution in [0.3, 0.4) is 0 Å². The lowest BCUT2D eigenvalue weighted by atomic mass is 10.3. The van der Waals surface area contributed by atoms with Crippen molar-refractivity contribution in [3.63, 3.8) is 0 Å². The van der Waals surface area contributed by atoms with Gasteiger partial charge in [-0.05, 0) is 6.42 Å². The molecule has 5 nitrogen and oxygen atoms in total. The number of aryl methyl sites for hydroxylation is 1. The predicted octanol–water partition coefficient (Wildman–Crippen LogP) is -0.0688. The van der Waals surface area contributed by atoms with E-state index in [-0.39, 0.29) is 6.10 Å². The van der Waals surface area contributed by atoms with E-state index < -0.39 is 0 Å². The van der Waals surface area contributed by atoms with E-state index in [0.717, 1.165) is 6.42 Å². The molecular formula is C7H14N4O. The van der Waals surface area contributed by atoms with E-state index >= 15 is 0 Å². The molecule has 0 radical (unpaired) electrons. The lowest BCUT2D eigenvalue weighted by Crippen LogP contribution is -2.26. The molecule has 0 saturated carbocycles. The minimum atomic E-state index is 0.0207. The monoisotopic (exact) mass is 170 g/mol. The second-order valence-electron chi connectivity index (χ2n) is 2.58. The molecule has 0 amide bonds. The first-order chi connectivity index (χ1) is 5.76. The summed E-state index contributed by atoms with van der Waals surface area (Å²) in [5.74, 6) is 0. The van der Waals surface area contributed by atoms with Gasteiger partial charge in [-0.2, -0.15) is 4.98 Å². The van der Waals surface area contributed by atoms with E-state index in [1.807, 2.05) is 6.92 Å². The maximum Gasteiger partial charge on any atom is 0.335 e. The van der Waals surface area contributed by atoms with Gasteiger partial charge in [0.1, 0.15) is 12.4 Å². The summed E-state index contributed by atoms with van der Waals surface area (Å²) in [5, 5.41) is 3.97. The first kappa shape index (κ1) is 8.99. The number of hydrogen-bond donors (Lipinski definition) is 1. The molecule has 0 fully saturated rings. The highest BCUT2D eigenvalue weighted by Gasteiger charge is 2.07. The molecule has 1 atom stereocenters. The highest BCUT2D eigenvalue weighted by Crippen LogP contribution is 2.03. The summed E-state index contributed by atoms with van der Waals surface area (Å²) in [6.07, 6.45) is 2.49. The number of aromatic nitrogens is 3. The van der Waals surface area contributed by atoms with Gasteiger partial charge in [-0.25, -0.2) is 0 Å². The molecule has 1 rings (SSSR count). The molecule has 1 aromatic heterocycles. The van der Waals surface area contributed by atoms with E-state index in [1.54, 1.807) is 18.1 Å². The van der Waals surface area contributed by atoms with Gasteiger partial charge in [-0.1, -0.05) is 6.92 Å². The standard InChI is InChI=1S/C7H14N4O/c1-3-6(4-8)12-7-9-5-11(2)10-7/h5-6H,3-4,8H2,1-2H3. The van der Waals surface area contributed by atoms with E-state index in [0.29, 0.717) is 12.6 Å². The van der Waals surface area contributed by atoms with Crippen molar-refractivity contribution in [2.45, 2.75) is 19.4 Å². The van der Waals surface area contributed by atoms with Crippen LogP contribution < -0.4 is 10.5 Å². The summed E-state index contributed by atoms with van der Waals surface area (Å²) < 4.78 is 6.96. The first-order valence-corrected chi connectivity index (χ1v) is 3.98. The molecular weight excluding hydrogens is 156 g/mol. The minimum Gasteiger partial charge on any atom is -0.458 e. The molecule has 0 saturated heterocycles. The SMILES string of the molecule is CCC(CN)Oc1ncn(C)n1. The van der Waals surface area contributed by atoms with Crippen molar-refractivity contribution < 1.29 is 4.74 Å². The Kier molecular flexibility index (Phi) is 3.04. The third-order valence-corrected chi connectivity index (χ3v) is 1.57. The molecule has 5 heteroatoms. The van der Waals surface area contributed by atoms with E-state index in [9.17, 15) is 0 Å². The number of ether oxygens (including phenoxy) is 1. The largest absolute Gasteiger partial charge is 0.458 e. The van der Waals surface area contributed by atoms with Gasteiger partial charge >= 0.3 is 6.01 Å². The van der Waals surface area contributed by atoms with Gasteiger partial charge in [-0.15, -0.1) is 5.10 Å². The number of rotatable bonds is 4. The number of nitrogens with zero attached hydrogens (tertiary/aromatic N) is 3. The molecule has 12 heavy (non-hydrogen) atoms. The fourth-order valence-corrected chi connectivity index (χ4v) is 0.821. The van der Waals surface area contributed by atoms with Crippen molar-refractivity contribution in [1.29, 1.82) is 0 Å². The fourth-order valence-electron chi connectivity index (χ4n) is 0.821. The minimum absolute atomic E-state index is 0.0207. The molecule has 2 N–H and O–H groups in total. The Hall–Kier alpha value is -1.10. The second-order valence-corrected chi connectivity index (χ2v) is 2.58. The maximum absolute atomic E-state index is 5.45. The highest BCUT2D eigenvalue weighted by atomic mass is 16.5. The van der Waals surface area contributed by atoms with Crippen molar-refractivity contribution in [3.05, 3.63) is 6.33 Å². The molecule has 1 unspecified atom stereocenters. The Labute approximate surface area is 71.5 Å². The lowest BCUT2D eigenvalue weighted by molar-refractivity contribution is 0.188. The zero-order chi connectivity index (χ0) is 8.97. The third kappa shape index (κ3) is 2.20. The average Bonchev–Trinajstić information content (AvgIpc) is 2.47. The molecule has 0 aliphatic carbocycles. The molecule has 0 spiro atoms.